The number of fused-ring (bicyclic) bond motifs is 2. The summed E-state index contributed by atoms with van der Waals surface area (Å²) in [5, 5.41) is 4.07. The van der Waals surface area contributed by atoms with Crippen molar-refractivity contribution in [2.45, 2.75) is 19.0 Å². The Bertz CT molecular complexity index is 1210. The van der Waals surface area contributed by atoms with Crippen LogP contribution in [0.25, 0.3) is 11.0 Å². The quantitative estimate of drug-likeness (QED) is 0.568. The van der Waals surface area contributed by atoms with Crippen molar-refractivity contribution in [2.75, 3.05) is 6.54 Å². The van der Waals surface area contributed by atoms with E-state index in [0.29, 0.717) is 27.9 Å². The Morgan fingerprint density at radius 2 is 2.17 bits per heavy atom. The van der Waals surface area contributed by atoms with Crippen molar-refractivity contribution >= 4 is 16.9 Å². The largest absolute Gasteiger partial charge is 0.455 e. The van der Waals surface area contributed by atoms with E-state index >= 15 is 0 Å². The summed E-state index contributed by atoms with van der Waals surface area (Å²) in [4.78, 5) is 21.9. The zero-order chi connectivity index (χ0) is 20.1. The van der Waals surface area contributed by atoms with E-state index in [1.165, 1.54) is 23.4 Å². The van der Waals surface area contributed by atoms with Gasteiger partial charge in [-0.3, -0.25) is 4.79 Å². The van der Waals surface area contributed by atoms with E-state index in [2.05, 4.69) is 15.1 Å². The summed E-state index contributed by atoms with van der Waals surface area (Å²) < 4.78 is 46.7. The first kappa shape index (κ1) is 17.5. The van der Waals surface area contributed by atoms with Crippen LogP contribution < -0.4 is 0 Å². The highest BCUT2D eigenvalue weighted by Crippen LogP contribution is 2.37. The number of hydrogen-bond acceptors (Lipinski definition) is 4. The minimum atomic E-state index is -2.95. The minimum absolute atomic E-state index is 0.0650. The fraction of sp³-hybridized carbons (Fsp3) is 0.211. The molecule has 0 spiro atoms. The van der Waals surface area contributed by atoms with Crippen molar-refractivity contribution in [2.24, 2.45) is 0 Å². The molecule has 1 aliphatic heterocycles. The molecule has 29 heavy (non-hydrogen) atoms. The van der Waals surface area contributed by atoms with E-state index in [1.54, 1.807) is 18.2 Å². The van der Waals surface area contributed by atoms with E-state index in [9.17, 15) is 18.0 Å². The zero-order valence-electron chi connectivity index (χ0n) is 14.8. The molecule has 3 aromatic heterocycles. The van der Waals surface area contributed by atoms with Gasteiger partial charge in [0.25, 0.3) is 5.91 Å². The van der Waals surface area contributed by atoms with Crippen molar-refractivity contribution in [3.05, 3.63) is 71.5 Å². The molecule has 0 fully saturated rings. The number of rotatable bonds is 3. The lowest BCUT2D eigenvalue weighted by molar-refractivity contribution is 0.0436. The van der Waals surface area contributed by atoms with Crippen LogP contribution in [0.1, 0.15) is 40.2 Å². The lowest BCUT2D eigenvalue weighted by Gasteiger charge is -2.33. The summed E-state index contributed by atoms with van der Waals surface area (Å²) in [5.74, 6) is -0.863. The van der Waals surface area contributed by atoms with E-state index < -0.39 is 24.3 Å². The summed E-state index contributed by atoms with van der Waals surface area (Å²) in [6.07, 6.45) is 3.11. The van der Waals surface area contributed by atoms with Gasteiger partial charge in [-0.25, -0.2) is 9.37 Å². The van der Waals surface area contributed by atoms with Crippen molar-refractivity contribution < 1.29 is 22.4 Å². The molecule has 0 unspecified atom stereocenters. The molecule has 7 nitrogen and oxygen atoms in total. The Morgan fingerprint density at radius 1 is 1.31 bits per heavy atom. The molecule has 4 heterocycles. The lowest BCUT2D eigenvalue weighted by Crippen LogP contribution is -2.41. The molecule has 4 aromatic rings. The number of nitrogens with zero attached hydrogens (tertiary/aromatic N) is 4. The van der Waals surface area contributed by atoms with E-state index in [1.807, 2.05) is 0 Å². The monoisotopic (exact) mass is 401 g/mol. The molecule has 1 aromatic carbocycles. The number of amides is 1. The second-order valence-electron chi connectivity index (χ2n) is 6.66. The van der Waals surface area contributed by atoms with Gasteiger partial charge in [-0.1, -0.05) is 12.1 Å². The topological polar surface area (TPSA) is 80.0 Å². The summed E-state index contributed by atoms with van der Waals surface area (Å²) in [5.41, 5.74) is 1.16. The van der Waals surface area contributed by atoms with Gasteiger partial charge in [0.1, 0.15) is 17.5 Å². The standard InChI is InChI=1S/C19H14F3N5O2/c20-11-3-1-2-10-8-14(29-17(10)11)16-15-12(23-9-24-15)5-7-26(16)18(28)13-4-6-25-27(13)19(21)22/h1-4,6,8-9,16,19H,5,7H2,(H,23,24)/t16-/m1/s1. The molecule has 1 amide bonds. The summed E-state index contributed by atoms with van der Waals surface area (Å²) in [6.45, 7) is -2.71. The molecule has 1 atom stereocenters. The lowest BCUT2D eigenvalue weighted by atomic mass is 9.99. The average molecular weight is 401 g/mol. The average Bonchev–Trinajstić information content (AvgIpc) is 3.44. The van der Waals surface area contributed by atoms with Gasteiger partial charge in [0.05, 0.1) is 12.0 Å². The third kappa shape index (κ3) is 2.71. The number of benzene rings is 1. The van der Waals surface area contributed by atoms with Gasteiger partial charge < -0.3 is 14.3 Å². The smallest absolute Gasteiger partial charge is 0.333 e. The van der Waals surface area contributed by atoms with Crippen LogP contribution in [0.2, 0.25) is 0 Å². The van der Waals surface area contributed by atoms with Crippen LogP contribution in [0.15, 0.2) is 47.3 Å². The van der Waals surface area contributed by atoms with Crippen LogP contribution in [0.5, 0.6) is 0 Å². The highest BCUT2D eigenvalue weighted by Gasteiger charge is 2.38. The van der Waals surface area contributed by atoms with Gasteiger partial charge in [-0.05, 0) is 18.2 Å². The number of H-pyrrole nitrogens is 1. The number of imidazole rings is 1. The number of aromatic nitrogens is 4. The number of nitrogens with one attached hydrogen (secondary N) is 1. The number of carbonyl (C=O) groups is 1. The van der Waals surface area contributed by atoms with Crippen molar-refractivity contribution in [1.82, 2.24) is 24.6 Å². The van der Waals surface area contributed by atoms with Crippen LogP contribution in [-0.2, 0) is 6.42 Å². The molecular formula is C19H14F3N5O2. The number of para-hydroxylation sites is 1. The third-order valence-electron chi connectivity index (χ3n) is 5.04. The highest BCUT2D eigenvalue weighted by molar-refractivity contribution is 5.93. The predicted molar refractivity (Wildman–Crippen MR) is 94.8 cm³/mol. The van der Waals surface area contributed by atoms with E-state index in [0.717, 1.165) is 11.9 Å². The summed E-state index contributed by atoms with van der Waals surface area (Å²) in [6, 6.07) is 6.62. The van der Waals surface area contributed by atoms with Gasteiger partial charge in [0, 0.05) is 30.2 Å². The second-order valence-corrected chi connectivity index (χ2v) is 6.66. The fourth-order valence-corrected chi connectivity index (χ4v) is 3.75. The highest BCUT2D eigenvalue weighted by atomic mass is 19.3. The van der Waals surface area contributed by atoms with Crippen LogP contribution >= 0.6 is 0 Å². The maximum Gasteiger partial charge on any atom is 0.333 e. The van der Waals surface area contributed by atoms with Crippen LogP contribution in [0, 0.1) is 5.82 Å². The van der Waals surface area contributed by atoms with Crippen LogP contribution in [0.3, 0.4) is 0 Å². The Balaban J connectivity index is 1.63. The molecule has 1 aliphatic rings. The number of furan rings is 1. The zero-order valence-corrected chi connectivity index (χ0v) is 14.8. The third-order valence-corrected chi connectivity index (χ3v) is 5.04. The van der Waals surface area contributed by atoms with Crippen LogP contribution in [-0.4, -0.2) is 37.1 Å². The van der Waals surface area contributed by atoms with Crippen LogP contribution in [0.4, 0.5) is 13.2 Å². The predicted octanol–water partition coefficient (Wildman–Crippen LogP) is 3.67. The maximum atomic E-state index is 14.1. The van der Waals surface area contributed by atoms with Gasteiger partial charge in [0.2, 0.25) is 0 Å². The van der Waals surface area contributed by atoms with Gasteiger partial charge >= 0.3 is 6.55 Å². The molecule has 0 saturated heterocycles. The molecule has 0 radical (unpaired) electrons. The molecular weight excluding hydrogens is 387 g/mol. The molecule has 0 saturated carbocycles. The first-order valence-corrected chi connectivity index (χ1v) is 8.87. The molecule has 5 rings (SSSR count). The van der Waals surface area contributed by atoms with Gasteiger partial charge in [-0.2, -0.15) is 18.6 Å². The summed E-state index contributed by atoms with van der Waals surface area (Å²) in [7, 11) is 0. The molecule has 0 aliphatic carbocycles. The minimum Gasteiger partial charge on any atom is -0.455 e. The molecule has 10 heteroatoms. The Kier molecular flexibility index (Phi) is 3.93. The molecule has 1 N–H and O–H groups in total. The Morgan fingerprint density at radius 3 is 2.97 bits per heavy atom. The molecule has 148 valence electrons. The SMILES string of the molecule is O=C(c1ccnn1C(F)F)N1CCc2[nH]cnc2[C@H]1c1cc2cccc(F)c2o1. The second kappa shape index (κ2) is 6.50. The van der Waals surface area contributed by atoms with E-state index in [4.69, 9.17) is 4.42 Å². The normalized spacial score (nSPS) is 16.6. The summed E-state index contributed by atoms with van der Waals surface area (Å²) >= 11 is 0. The van der Waals surface area contributed by atoms with Crippen molar-refractivity contribution in [1.29, 1.82) is 0 Å². The number of carbonyl (C=O) groups excluding carboxylic acids is 1. The first-order valence-electron chi connectivity index (χ1n) is 8.87. The van der Waals surface area contributed by atoms with Crippen molar-refractivity contribution in [3.63, 3.8) is 0 Å². The number of halogens is 3. The van der Waals surface area contributed by atoms with Gasteiger partial charge in [0.15, 0.2) is 11.4 Å². The number of aromatic amines is 1. The van der Waals surface area contributed by atoms with E-state index in [-0.39, 0.29) is 17.8 Å². The Labute approximate surface area is 161 Å². The Hall–Kier alpha value is -3.56. The number of hydrogen-bond donors (Lipinski definition) is 1. The first-order chi connectivity index (χ1) is 14.0. The van der Waals surface area contributed by atoms with Gasteiger partial charge in [-0.15, -0.1) is 0 Å². The van der Waals surface area contributed by atoms with Crippen molar-refractivity contribution in [3.8, 4) is 0 Å². The maximum absolute atomic E-state index is 14.1. The number of alkyl halides is 2. The molecule has 0 bridgehead atoms. The fourth-order valence-electron chi connectivity index (χ4n) is 3.75.